The summed E-state index contributed by atoms with van der Waals surface area (Å²) in [4.78, 5) is 10.2. The Morgan fingerprint density at radius 1 is 1.22 bits per heavy atom. The fraction of sp³-hybridized carbons (Fsp3) is 0.700. The highest BCUT2D eigenvalue weighted by Gasteiger charge is 2.61. The van der Waals surface area contributed by atoms with E-state index in [-0.39, 0.29) is 6.47 Å². The molecule has 1 saturated carbocycles. The Hall–Kier alpha value is -0.490. The number of rotatable bonds is 5. The van der Waals surface area contributed by atoms with Gasteiger partial charge in [0.05, 0.1) is 5.57 Å². The maximum atomic E-state index is 12.9. The Kier molecular flexibility index (Phi) is 3.94. The number of hydrogen-bond donors (Lipinski definition) is 0. The second-order valence-corrected chi connectivity index (χ2v) is 5.53. The van der Waals surface area contributed by atoms with Crippen molar-refractivity contribution in [2.75, 3.05) is 0 Å². The van der Waals surface area contributed by atoms with Gasteiger partial charge >= 0.3 is 10.8 Å². The van der Waals surface area contributed by atoms with Crippen LogP contribution in [0.3, 0.4) is 0 Å². The van der Waals surface area contributed by atoms with Crippen LogP contribution >= 0.6 is 23.2 Å². The van der Waals surface area contributed by atoms with E-state index in [1.54, 1.807) is 13.8 Å². The summed E-state index contributed by atoms with van der Waals surface area (Å²) in [6, 6.07) is 0. The highest BCUT2D eigenvalue weighted by Crippen LogP contribution is 2.57. The van der Waals surface area contributed by atoms with Crippen molar-refractivity contribution in [1.29, 1.82) is 0 Å². The first kappa shape index (κ1) is 15.6. The lowest BCUT2D eigenvalue weighted by molar-refractivity contribution is -0.130. The monoisotopic (exact) mass is 308 g/mol. The third-order valence-electron chi connectivity index (χ3n) is 2.97. The van der Waals surface area contributed by atoms with Gasteiger partial charge in [-0.15, -0.1) is 0 Å². The second-order valence-electron chi connectivity index (χ2n) is 4.58. The van der Waals surface area contributed by atoms with E-state index in [4.69, 9.17) is 0 Å². The van der Waals surface area contributed by atoms with Crippen molar-refractivity contribution in [3.05, 3.63) is 11.6 Å². The van der Waals surface area contributed by atoms with Crippen molar-refractivity contribution in [3.63, 3.8) is 0 Å². The summed E-state index contributed by atoms with van der Waals surface area (Å²) in [6.07, 6.45) is -0.170. The molecule has 104 valence electrons. The molecule has 0 heterocycles. The predicted molar refractivity (Wildman–Crippen MR) is 57.9 cm³/mol. The molecule has 1 fully saturated rings. The van der Waals surface area contributed by atoms with E-state index in [2.05, 4.69) is 27.9 Å². The van der Waals surface area contributed by atoms with Gasteiger partial charge in [0.1, 0.15) is 6.10 Å². The molecule has 0 aromatic rings. The van der Waals surface area contributed by atoms with E-state index in [1.807, 2.05) is 0 Å². The second kappa shape index (κ2) is 4.56. The summed E-state index contributed by atoms with van der Waals surface area (Å²) in [5.41, 5.74) is -2.41. The molecule has 0 spiro atoms. The molecule has 1 aliphatic rings. The van der Waals surface area contributed by atoms with Gasteiger partial charge in [0.25, 0.3) is 6.47 Å². The lowest BCUT2D eigenvalue weighted by Crippen LogP contribution is -2.24. The Morgan fingerprint density at radius 2 is 1.67 bits per heavy atom. The van der Waals surface area contributed by atoms with E-state index in [0.29, 0.717) is 6.08 Å². The molecule has 18 heavy (non-hydrogen) atoms. The maximum Gasteiger partial charge on any atom is 0.351 e. The van der Waals surface area contributed by atoms with Gasteiger partial charge in [-0.1, -0.05) is 19.9 Å². The van der Waals surface area contributed by atoms with Crippen molar-refractivity contribution in [3.8, 4) is 0 Å². The van der Waals surface area contributed by atoms with Crippen LogP contribution in [0.5, 0.6) is 0 Å². The summed E-state index contributed by atoms with van der Waals surface area (Å²) in [7, 11) is 0. The minimum Gasteiger partial charge on any atom is -0.463 e. The summed E-state index contributed by atoms with van der Waals surface area (Å²) >= 11 is 9.19. The number of alkyl halides is 6. The molecule has 8 heteroatoms. The van der Waals surface area contributed by atoms with Crippen molar-refractivity contribution >= 4 is 29.7 Å². The van der Waals surface area contributed by atoms with Crippen LogP contribution in [-0.4, -0.2) is 23.3 Å². The average molecular weight is 309 g/mol. The molecule has 2 nitrogen and oxygen atoms in total. The van der Waals surface area contributed by atoms with Crippen molar-refractivity contribution in [1.82, 2.24) is 0 Å². The van der Waals surface area contributed by atoms with E-state index < -0.39 is 33.8 Å². The standard InChI is InChI=1S/C10H10Cl2F4O2/c1-8(2)5(7(8)18-4-17)3-6(9(11,13)14)10(12,15)16/h3-5,7H,1-2H3. The average Bonchev–Trinajstić information content (AvgIpc) is 2.61. The lowest BCUT2D eigenvalue weighted by atomic mass is 10.1. The van der Waals surface area contributed by atoms with Crippen molar-refractivity contribution in [2.24, 2.45) is 11.3 Å². The van der Waals surface area contributed by atoms with Gasteiger partial charge in [0.2, 0.25) is 0 Å². The molecular formula is C10H10Cl2F4O2. The quantitative estimate of drug-likeness (QED) is 0.334. The molecule has 1 aliphatic carbocycles. The van der Waals surface area contributed by atoms with Gasteiger partial charge in [0.15, 0.2) is 0 Å². The largest absolute Gasteiger partial charge is 0.463 e. The summed E-state index contributed by atoms with van der Waals surface area (Å²) in [6.45, 7) is 3.30. The van der Waals surface area contributed by atoms with E-state index >= 15 is 0 Å². The molecule has 0 aromatic carbocycles. The van der Waals surface area contributed by atoms with Crippen LogP contribution in [0.4, 0.5) is 17.6 Å². The van der Waals surface area contributed by atoms with Crippen LogP contribution in [0.1, 0.15) is 13.8 Å². The number of carbonyl (C=O) groups excluding carboxylic acids is 1. The third-order valence-corrected chi connectivity index (χ3v) is 3.38. The molecule has 0 saturated heterocycles. The molecule has 2 unspecified atom stereocenters. The zero-order valence-corrected chi connectivity index (χ0v) is 10.9. The van der Waals surface area contributed by atoms with Crippen LogP contribution < -0.4 is 0 Å². The summed E-state index contributed by atoms with van der Waals surface area (Å²) in [5.74, 6) is -0.785. The predicted octanol–water partition coefficient (Wildman–Crippen LogP) is 3.77. The first-order chi connectivity index (χ1) is 7.92. The van der Waals surface area contributed by atoms with Gasteiger partial charge in [-0.2, -0.15) is 17.6 Å². The number of ether oxygens (including phenoxy) is 1. The molecule has 2 atom stereocenters. The first-order valence-corrected chi connectivity index (χ1v) is 5.63. The van der Waals surface area contributed by atoms with Crippen molar-refractivity contribution in [2.45, 2.75) is 30.7 Å². The molecule has 0 bridgehead atoms. The SMILES string of the molecule is CC1(C)C(C=C(C(F)(F)Cl)C(F)(F)Cl)C1OC=O. The Morgan fingerprint density at radius 3 is 2.00 bits per heavy atom. The summed E-state index contributed by atoms with van der Waals surface area (Å²) in [5, 5.41) is -8.54. The highest BCUT2D eigenvalue weighted by atomic mass is 35.5. The number of carbonyl (C=O) groups is 1. The maximum absolute atomic E-state index is 12.9. The van der Waals surface area contributed by atoms with Gasteiger partial charge in [-0.25, -0.2) is 0 Å². The first-order valence-electron chi connectivity index (χ1n) is 4.87. The van der Waals surface area contributed by atoms with E-state index in [9.17, 15) is 22.4 Å². The molecule has 1 rings (SSSR count). The van der Waals surface area contributed by atoms with Gasteiger partial charge in [-0.05, 0) is 23.2 Å². The van der Waals surface area contributed by atoms with Crippen LogP contribution in [-0.2, 0) is 9.53 Å². The van der Waals surface area contributed by atoms with Gasteiger partial charge < -0.3 is 4.74 Å². The number of hydrogen-bond acceptors (Lipinski definition) is 2. The minimum atomic E-state index is -4.27. The molecule has 0 amide bonds. The molecular weight excluding hydrogens is 299 g/mol. The smallest absolute Gasteiger partial charge is 0.351 e. The fourth-order valence-corrected chi connectivity index (χ4v) is 2.19. The Bertz CT molecular complexity index is 355. The van der Waals surface area contributed by atoms with Crippen molar-refractivity contribution < 1.29 is 27.1 Å². The lowest BCUT2D eigenvalue weighted by Gasteiger charge is -2.17. The fourth-order valence-electron chi connectivity index (χ4n) is 1.78. The topological polar surface area (TPSA) is 26.3 Å². The zero-order valence-electron chi connectivity index (χ0n) is 9.39. The van der Waals surface area contributed by atoms with Crippen LogP contribution in [0.2, 0.25) is 0 Å². The van der Waals surface area contributed by atoms with E-state index in [0.717, 1.165) is 0 Å². The normalized spacial score (nSPS) is 26.4. The number of halogens is 6. The Labute approximate surface area is 111 Å². The molecule has 0 N–H and O–H groups in total. The third kappa shape index (κ3) is 3.09. The van der Waals surface area contributed by atoms with Crippen LogP contribution in [0, 0.1) is 11.3 Å². The number of allylic oxidation sites excluding steroid dienone is 1. The highest BCUT2D eigenvalue weighted by molar-refractivity contribution is 6.28. The van der Waals surface area contributed by atoms with E-state index in [1.165, 1.54) is 0 Å². The van der Waals surface area contributed by atoms with Gasteiger partial charge in [-0.3, -0.25) is 4.79 Å². The molecule has 0 aromatic heterocycles. The molecule has 0 aliphatic heterocycles. The Balaban J connectivity index is 3.03. The summed E-state index contributed by atoms with van der Waals surface area (Å²) < 4.78 is 56.0. The van der Waals surface area contributed by atoms with Crippen LogP contribution in [0.25, 0.3) is 0 Å². The minimum absolute atomic E-state index is 0.137. The van der Waals surface area contributed by atoms with Crippen LogP contribution in [0.15, 0.2) is 11.6 Å². The zero-order chi connectivity index (χ0) is 14.4. The molecule has 0 radical (unpaired) electrons. The van der Waals surface area contributed by atoms with Gasteiger partial charge in [0, 0.05) is 11.3 Å².